The molecule has 0 atom stereocenters. The van der Waals surface area contributed by atoms with Gasteiger partial charge in [-0.25, -0.2) is 13.2 Å². The van der Waals surface area contributed by atoms with Crippen LogP contribution in [0.2, 0.25) is 0 Å². The number of aldehydes is 1. The molecule has 0 saturated carbocycles. The van der Waals surface area contributed by atoms with Gasteiger partial charge in [0.05, 0.1) is 13.2 Å². The molecular formula is C22H20F3NO2. The van der Waals surface area contributed by atoms with Crippen molar-refractivity contribution in [3.8, 4) is 0 Å². The minimum atomic E-state index is -2.72. The summed E-state index contributed by atoms with van der Waals surface area (Å²) in [6.45, 7) is 1.29. The van der Waals surface area contributed by atoms with Gasteiger partial charge in [0.25, 0.3) is 5.92 Å². The Kier molecular flexibility index (Phi) is 4.98. The first-order valence-electron chi connectivity index (χ1n) is 9.26. The van der Waals surface area contributed by atoms with E-state index in [1.54, 1.807) is 24.3 Å². The molecule has 1 aliphatic carbocycles. The number of hydrogen-bond acceptors (Lipinski definition) is 2. The van der Waals surface area contributed by atoms with Gasteiger partial charge in [0.1, 0.15) is 12.1 Å². The fraction of sp³-hybridized carbons (Fsp3) is 0.318. The van der Waals surface area contributed by atoms with Gasteiger partial charge in [0.2, 0.25) is 0 Å². The zero-order valence-electron chi connectivity index (χ0n) is 15.3. The number of rotatable bonds is 6. The van der Waals surface area contributed by atoms with Crippen LogP contribution in [0.15, 0.2) is 42.5 Å². The lowest BCUT2D eigenvalue weighted by Crippen LogP contribution is -2.26. The maximum atomic E-state index is 14.0. The molecule has 0 unspecified atom stereocenters. The predicted molar refractivity (Wildman–Crippen MR) is 100 cm³/mol. The van der Waals surface area contributed by atoms with Crippen molar-refractivity contribution >= 4 is 17.2 Å². The van der Waals surface area contributed by atoms with Crippen LogP contribution in [0, 0.1) is 5.82 Å². The Morgan fingerprint density at radius 2 is 1.93 bits per heavy atom. The number of fused-ring (bicyclic) bond motifs is 3. The van der Waals surface area contributed by atoms with Crippen LogP contribution in [0.5, 0.6) is 0 Å². The smallest absolute Gasteiger partial charge is 0.252 e. The highest BCUT2D eigenvalue weighted by Gasteiger charge is 2.37. The van der Waals surface area contributed by atoms with Gasteiger partial charge in [0, 0.05) is 41.5 Å². The van der Waals surface area contributed by atoms with Gasteiger partial charge in [-0.3, -0.25) is 4.79 Å². The molecule has 0 fully saturated rings. The third kappa shape index (κ3) is 3.69. The second-order valence-corrected chi connectivity index (χ2v) is 7.18. The van der Waals surface area contributed by atoms with E-state index in [-0.39, 0.29) is 18.7 Å². The summed E-state index contributed by atoms with van der Waals surface area (Å²) in [4.78, 5) is 11.1. The summed E-state index contributed by atoms with van der Waals surface area (Å²) in [7, 11) is 0. The van der Waals surface area contributed by atoms with Crippen LogP contribution in [-0.4, -0.2) is 23.4 Å². The summed E-state index contributed by atoms with van der Waals surface area (Å²) in [5.74, 6) is -3.01. The van der Waals surface area contributed by atoms with Crippen LogP contribution in [0.4, 0.5) is 13.2 Å². The highest BCUT2D eigenvalue weighted by atomic mass is 19.3. The van der Waals surface area contributed by atoms with Gasteiger partial charge in [-0.05, 0) is 47.9 Å². The summed E-state index contributed by atoms with van der Waals surface area (Å²) in [5, 5.41) is 0.720. The van der Waals surface area contributed by atoms with Crippen LogP contribution in [0.3, 0.4) is 0 Å². The van der Waals surface area contributed by atoms with Crippen LogP contribution in [0.25, 0.3) is 10.9 Å². The first-order valence-corrected chi connectivity index (χ1v) is 9.26. The Balaban J connectivity index is 1.56. The third-order valence-corrected chi connectivity index (χ3v) is 5.25. The molecule has 0 saturated heterocycles. The molecule has 1 heterocycles. The summed E-state index contributed by atoms with van der Waals surface area (Å²) < 4.78 is 48.7. The number of hydrogen-bond donors (Lipinski definition) is 0. The average Bonchev–Trinajstić information content (AvgIpc) is 2.98. The zero-order chi connectivity index (χ0) is 19.7. The van der Waals surface area contributed by atoms with Crippen molar-refractivity contribution in [2.24, 2.45) is 0 Å². The van der Waals surface area contributed by atoms with E-state index in [0.717, 1.165) is 28.4 Å². The van der Waals surface area contributed by atoms with E-state index < -0.39 is 5.92 Å². The Morgan fingerprint density at radius 1 is 1.14 bits per heavy atom. The largest absolute Gasteiger partial charge is 0.375 e. The predicted octanol–water partition coefficient (Wildman–Crippen LogP) is 4.93. The fourth-order valence-electron chi connectivity index (χ4n) is 3.88. The molecular weight excluding hydrogens is 367 g/mol. The summed E-state index contributed by atoms with van der Waals surface area (Å²) in [5.41, 5.74) is 3.73. The SMILES string of the molecule is O=Cc1ccc2c(c1)c1c(n2CCOCc2ccc(F)cc2)CCC(F)(F)C1. The molecule has 3 nitrogen and oxygen atoms in total. The molecule has 2 aromatic carbocycles. The van der Waals surface area contributed by atoms with Crippen molar-refractivity contribution in [2.45, 2.75) is 38.3 Å². The Bertz CT molecular complexity index is 1010. The topological polar surface area (TPSA) is 31.2 Å². The summed E-state index contributed by atoms with van der Waals surface area (Å²) in [6, 6.07) is 11.3. The lowest BCUT2D eigenvalue weighted by Gasteiger charge is -2.23. The molecule has 146 valence electrons. The Hall–Kier alpha value is -2.60. The monoisotopic (exact) mass is 387 g/mol. The minimum absolute atomic E-state index is 0.173. The van der Waals surface area contributed by atoms with Crippen molar-refractivity contribution in [3.63, 3.8) is 0 Å². The van der Waals surface area contributed by atoms with Crippen molar-refractivity contribution in [3.05, 3.63) is 70.7 Å². The Morgan fingerprint density at radius 3 is 2.68 bits per heavy atom. The van der Waals surface area contributed by atoms with E-state index in [4.69, 9.17) is 4.74 Å². The molecule has 0 aliphatic heterocycles. The van der Waals surface area contributed by atoms with E-state index in [2.05, 4.69) is 0 Å². The highest BCUT2D eigenvalue weighted by Crippen LogP contribution is 2.39. The normalized spacial score (nSPS) is 15.5. The number of carbonyl (C=O) groups excluding carboxylic acids is 1. The standard InChI is InChI=1S/C22H20F3NO2/c23-17-4-1-15(2-5-17)14-28-10-9-26-20-6-3-16(13-27)11-18(20)19-12-22(24,25)8-7-21(19)26/h1-6,11,13H,7-10,12,14H2. The van der Waals surface area contributed by atoms with Gasteiger partial charge in [-0.2, -0.15) is 0 Å². The summed E-state index contributed by atoms with van der Waals surface area (Å²) >= 11 is 0. The minimum Gasteiger partial charge on any atom is -0.375 e. The molecule has 6 heteroatoms. The molecule has 1 aliphatic rings. The Labute approximate surface area is 160 Å². The molecule has 3 aromatic rings. The molecule has 28 heavy (non-hydrogen) atoms. The first-order chi connectivity index (χ1) is 13.5. The van der Waals surface area contributed by atoms with Gasteiger partial charge in [-0.15, -0.1) is 0 Å². The lowest BCUT2D eigenvalue weighted by atomic mass is 9.92. The number of nitrogens with zero attached hydrogens (tertiary/aromatic N) is 1. The van der Waals surface area contributed by atoms with Crippen molar-refractivity contribution in [2.75, 3.05) is 6.61 Å². The molecule has 0 bridgehead atoms. The van der Waals surface area contributed by atoms with E-state index in [0.29, 0.717) is 37.3 Å². The second-order valence-electron chi connectivity index (χ2n) is 7.18. The van der Waals surface area contributed by atoms with Gasteiger partial charge in [0.15, 0.2) is 0 Å². The number of alkyl halides is 2. The number of halogens is 3. The van der Waals surface area contributed by atoms with Crippen LogP contribution in [-0.2, 0) is 30.7 Å². The van der Waals surface area contributed by atoms with E-state index in [9.17, 15) is 18.0 Å². The van der Waals surface area contributed by atoms with Crippen LogP contribution < -0.4 is 0 Å². The second kappa shape index (κ2) is 7.43. The van der Waals surface area contributed by atoms with Gasteiger partial charge in [-0.1, -0.05) is 12.1 Å². The number of ether oxygens (including phenoxy) is 1. The molecule has 0 N–H and O–H groups in total. The van der Waals surface area contributed by atoms with Crippen molar-refractivity contribution < 1.29 is 22.7 Å². The average molecular weight is 387 g/mol. The van der Waals surface area contributed by atoms with E-state index in [1.807, 2.05) is 10.6 Å². The van der Waals surface area contributed by atoms with Crippen molar-refractivity contribution in [1.29, 1.82) is 0 Å². The van der Waals surface area contributed by atoms with Crippen LogP contribution >= 0.6 is 0 Å². The zero-order valence-corrected chi connectivity index (χ0v) is 15.3. The fourth-order valence-corrected chi connectivity index (χ4v) is 3.88. The molecule has 0 spiro atoms. The third-order valence-electron chi connectivity index (χ3n) is 5.25. The van der Waals surface area contributed by atoms with E-state index in [1.165, 1.54) is 12.1 Å². The highest BCUT2D eigenvalue weighted by molar-refractivity contribution is 5.91. The van der Waals surface area contributed by atoms with Crippen molar-refractivity contribution in [1.82, 2.24) is 4.57 Å². The summed E-state index contributed by atoms with van der Waals surface area (Å²) in [6.07, 6.45) is 0.555. The quantitative estimate of drug-likeness (QED) is 0.443. The number of aromatic nitrogens is 1. The maximum Gasteiger partial charge on any atom is 0.252 e. The molecule has 4 rings (SSSR count). The van der Waals surface area contributed by atoms with E-state index >= 15 is 0 Å². The van der Waals surface area contributed by atoms with Crippen LogP contribution in [0.1, 0.15) is 33.6 Å². The number of benzene rings is 2. The van der Waals surface area contributed by atoms with Gasteiger partial charge >= 0.3 is 0 Å². The maximum absolute atomic E-state index is 14.0. The lowest BCUT2D eigenvalue weighted by molar-refractivity contribution is -0.0126. The molecule has 0 radical (unpaired) electrons. The first kappa shape index (κ1) is 18.7. The van der Waals surface area contributed by atoms with Gasteiger partial charge < -0.3 is 9.30 Å². The number of carbonyl (C=O) groups is 1. The molecule has 1 aromatic heterocycles. The molecule has 0 amide bonds.